The van der Waals surface area contributed by atoms with Gasteiger partial charge in [-0.2, -0.15) is 0 Å². The molecule has 0 bridgehead atoms. The molecule has 0 radical (unpaired) electrons. The van der Waals surface area contributed by atoms with E-state index in [1.807, 2.05) is 19.1 Å². The summed E-state index contributed by atoms with van der Waals surface area (Å²) in [4.78, 5) is 2.26. The van der Waals surface area contributed by atoms with Gasteiger partial charge in [0.15, 0.2) is 0 Å². The Morgan fingerprint density at radius 1 is 1.33 bits per heavy atom. The maximum absolute atomic E-state index is 9.83. The number of benzene rings is 1. The zero-order valence-corrected chi connectivity index (χ0v) is 11.9. The lowest BCUT2D eigenvalue weighted by Gasteiger charge is -2.43. The first-order valence-corrected chi connectivity index (χ1v) is 6.85. The smallest absolute Gasteiger partial charge is 0.0680 e. The molecule has 5 heteroatoms. The summed E-state index contributed by atoms with van der Waals surface area (Å²) in [5.41, 5.74) is 0.474. The van der Waals surface area contributed by atoms with Crippen molar-refractivity contribution in [2.75, 3.05) is 32.8 Å². The molecule has 1 atom stereocenters. The van der Waals surface area contributed by atoms with Crippen LogP contribution in [0.4, 0.5) is 0 Å². The van der Waals surface area contributed by atoms with Gasteiger partial charge in [0.1, 0.15) is 0 Å². The van der Waals surface area contributed by atoms with Crippen LogP contribution in [0, 0.1) is 0 Å². The van der Waals surface area contributed by atoms with E-state index in [-0.39, 0.29) is 6.61 Å². The number of nitrogens with one attached hydrogen (secondary N) is 1. The molecular weight excluding hydrogens is 271 g/mol. The number of halogens is 2. The number of piperazine rings is 1. The Kier molecular flexibility index (Phi) is 4.51. The zero-order valence-electron chi connectivity index (χ0n) is 10.4. The molecule has 1 unspecified atom stereocenters. The molecule has 1 aliphatic rings. The Balaban J connectivity index is 2.35. The lowest BCUT2D eigenvalue weighted by Crippen LogP contribution is -2.54. The monoisotopic (exact) mass is 288 g/mol. The predicted molar refractivity (Wildman–Crippen MR) is 75.3 cm³/mol. The lowest BCUT2D eigenvalue weighted by molar-refractivity contribution is 0.0312. The standard InChI is InChI=1S/C13H18Cl2N2O/c1-13(9-18,17-6-4-16-5-7-17)11-3-2-10(14)8-12(11)15/h2-3,8,16,18H,4-7,9H2,1H3. The summed E-state index contributed by atoms with van der Waals surface area (Å²) in [7, 11) is 0. The van der Waals surface area contributed by atoms with Crippen molar-refractivity contribution < 1.29 is 5.11 Å². The molecule has 2 rings (SSSR count). The highest BCUT2D eigenvalue weighted by Crippen LogP contribution is 2.34. The van der Waals surface area contributed by atoms with E-state index in [0.29, 0.717) is 10.0 Å². The Morgan fingerprint density at radius 3 is 2.56 bits per heavy atom. The van der Waals surface area contributed by atoms with Crippen molar-refractivity contribution in [3.8, 4) is 0 Å². The highest BCUT2D eigenvalue weighted by molar-refractivity contribution is 6.35. The van der Waals surface area contributed by atoms with Gasteiger partial charge < -0.3 is 10.4 Å². The number of rotatable bonds is 3. The predicted octanol–water partition coefficient (Wildman–Crippen LogP) is 2.11. The molecule has 18 heavy (non-hydrogen) atoms. The van der Waals surface area contributed by atoms with Crippen molar-refractivity contribution in [3.63, 3.8) is 0 Å². The van der Waals surface area contributed by atoms with Crippen molar-refractivity contribution >= 4 is 23.2 Å². The molecular formula is C13H18Cl2N2O. The summed E-state index contributed by atoms with van der Waals surface area (Å²) >= 11 is 12.2. The third-order valence-electron chi connectivity index (χ3n) is 3.63. The third-order valence-corrected chi connectivity index (χ3v) is 4.18. The van der Waals surface area contributed by atoms with Crippen LogP contribution in [0.1, 0.15) is 12.5 Å². The number of nitrogens with zero attached hydrogens (tertiary/aromatic N) is 1. The molecule has 1 aromatic rings. The Hall–Kier alpha value is -0.320. The molecule has 0 aliphatic carbocycles. The molecule has 0 aromatic heterocycles. The first-order chi connectivity index (χ1) is 8.58. The fourth-order valence-electron chi connectivity index (χ4n) is 2.44. The normalized spacial score (nSPS) is 20.7. The maximum atomic E-state index is 9.83. The van der Waals surface area contributed by atoms with Crippen LogP contribution in [0.15, 0.2) is 18.2 Å². The van der Waals surface area contributed by atoms with Gasteiger partial charge in [0, 0.05) is 36.2 Å². The van der Waals surface area contributed by atoms with E-state index in [2.05, 4.69) is 10.2 Å². The van der Waals surface area contributed by atoms with Gasteiger partial charge in [0.05, 0.1) is 12.1 Å². The van der Waals surface area contributed by atoms with E-state index in [1.54, 1.807) is 6.07 Å². The van der Waals surface area contributed by atoms with Crippen molar-refractivity contribution in [2.24, 2.45) is 0 Å². The summed E-state index contributed by atoms with van der Waals surface area (Å²) in [6.45, 7) is 5.72. The Labute approximate surface area is 118 Å². The van der Waals surface area contributed by atoms with Gasteiger partial charge in [0.25, 0.3) is 0 Å². The van der Waals surface area contributed by atoms with Gasteiger partial charge in [-0.15, -0.1) is 0 Å². The average Bonchev–Trinajstić information content (AvgIpc) is 2.39. The summed E-state index contributed by atoms with van der Waals surface area (Å²) < 4.78 is 0. The Morgan fingerprint density at radius 2 is 2.00 bits per heavy atom. The van der Waals surface area contributed by atoms with E-state index < -0.39 is 5.54 Å². The van der Waals surface area contributed by atoms with Gasteiger partial charge in [-0.25, -0.2) is 0 Å². The summed E-state index contributed by atoms with van der Waals surface area (Å²) in [5, 5.41) is 14.4. The number of aliphatic hydroxyl groups is 1. The second kappa shape index (κ2) is 5.76. The van der Waals surface area contributed by atoms with Crippen molar-refractivity contribution in [1.29, 1.82) is 0 Å². The largest absolute Gasteiger partial charge is 0.394 e. The fourth-order valence-corrected chi connectivity index (χ4v) is 3.05. The van der Waals surface area contributed by atoms with Crippen LogP contribution < -0.4 is 5.32 Å². The van der Waals surface area contributed by atoms with Gasteiger partial charge in [-0.05, 0) is 24.6 Å². The van der Waals surface area contributed by atoms with Crippen molar-refractivity contribution in [1.82, 2.24) is 10.2 Å². The molecule has 0 amide bonds. The molecule has 2 N–H and O–H groups in total. The van der Waals surface area contributed by atoms with Gasteiger partial charge in [-0.3, -0.25) is 4.90 Å². The minimum Gasteiger partial charge on any atom is -0.394 e. The minimum atomic E-state index is -0.455. The lowest BCUT2D eigenvalue weighted by atomic mass is 9.90. The summed E-state index contributed by atoms with van der Waals surface area (Å²) in [6.07, 6.45) is 0. The van der Waals surface area contributed by atoms with Crippen LogP contribution in [0.25, 0.3) is 0 Å². The van der Waals surface area contributed by atoms with Crippen LogP contribution >= 0.6 is 23.2 Å². The number of hydrogen-bond acceptors (Lipinski definition) is 3. The van der Waals surface area contributed by atoms with Crippen LogP contribution in [0.2, 0.25) is 10.0 Å². The van der Waals surface area contributed by atoms with Crippen LogP contribution in [-0.2, 0) is 5.54 Å². The number of aliphatic hydroxyl groups excluding tert-OH is 1. The molecule has 1 fully saturated rings. The summed E-state index contributed by atoms with van der Waals surface area (Å²) in [5.74, 6) is 0. The second-order valence-corrected chi connectivity index (χ2v) is 5.64. The highest BCUT2D eigenvalue weighted by Gasteiger charge is 2.35. The SMILES string of the molecule is CC(CO)(c1ccc(Cl)cc1Cl)N1CCNCC1. The van der Waals surface area contributed by atoms with E-state index in [1.165, 1.54) is 0 Å². The van der Waals surface area contributed by atoms with E-state index in [4.69, 9.17) is 23.2 Å². The van der Waals surface area contributed by atoms with Crippen LogP contribution in [0.5, 0.6) is 0 Å². The van der Waals surface area contributed by atoms with Gasteiger partial charge in [-0.1, -0.05) is 29.3 Å². The average molecular weight is 289 g/mol. The first kappa shape index (κ1) is 14.1. The topological polar surface area (TPSA) is 35.5 Å². The molecule has 0 saturated carbocycles. The molecule has 3 nitrogen and oxygen atoms in total. The molecule has 100 valence electrons. The van der Waals surface area contributed by atoms with Gasteiger partial charge in [0.2, 0.25) is 0 Å². The second-order valence-electron chi connectivity index (χ2n) is 4.79. The number of hydrogen-bond donors (Lipinski definition) is 2. The maximum Gasteiger partial charge on any atom is 0.0680 e. The van der Waals surface area contributed by atoms with Crippen LogP contribution in [-0.4, -0.2) is 42.8 Å². The van der Waals surface area contributed by atoms with Crippen molar-refractivity contribution in [2.45, 2.75) is 12.5 Å². The zero-order chi connectivity index (χ0) is 13.2. The van der Waals surface area contributed by atoms with Crippen LogP contribution in [0.3, 0.4) is 0 Å². The molecule has 0 spiro atoms. The van der Waals surface area contributed by atoms with Gasteiger partial charge >= 0.3 is 0 Å². The molecule has 1 aromatic carbocycles. The van der Waals surface area contributed by atoms with E-state index >= 15 is 0 Å². The molecule has 1 aliphatic heterocycles. The summed E-state index contributed by atoms with van der Waals surface area (Å²) in [6, 6.07) is 5.45. The van der Waals surface area contributed by atoms with E-state index in [0.717, 1.165) is 31.7 Å². The fraction of sp³-hybridized carbons (Fsp3) is 0.538. The van der Waals surface area contributed by atoms with Crippen molar-refractivity contribution in [3.05, 3.63) is 33.8 Å². The molecule has 1 heterocycles. The highest BCUT2D eigenvalue weighted by atomic mass is 35.5. The molecule has 1 saturated heterocycles. The quantitative estimate of drug-likeness (QED) is 0.894. The minimum absolute atomic E-state index is 0.0361. The third kappa shape index (κ3) is 2.65. The van der Waals surface area contributed by atoms with E-state index in [9.17, 15) is 5.11 Å². The first-order valence-electron chi connectivity index (χ1n) is 6.10. The Bertz CT molecular complexity index is 421.